The van der Waals surface area contributed by atoms with E-state index in [0.29, 0.717) is 12.3 Å². The lowest BCUT2D eigenvalue weighted by Gasteiger charge is -2.02. The van der Waals surface area contributed by atoms with E-state index >= 15 is 0 Å². The summed E-state index contributed by atoms with van der Waals surface area (Å²) in [7, 11) is 0. The molecule has 0 bridgehead atoms. The Morgan fingerprint density at radius 3 is 2.72 bits per heavy atom. The van der Waals surface area contributed by atoms with Crippen LogP contribution in [0.4, 0.5) is 0 Å². The molecule has 3 aromatic heterocycles. The fourth-order valence-corrected chi connectivity index (χ4v) is 2.97. The summed E-state index contributed by atoms with van der Waals surface area (Å²) in [5.41, 5.74) is 4.47. The Kier molecular flexibility index (Phi) is 4.90. The summed E-state index contributed by atoms with van der Waals surface area (Å²) in [6, 6.07) is 15.8. The number of benzene rings is 1. The molecule has 29 heavy (non-hydrogen) atoms. The number of para-hydroxylation sites is 1. The van der Waals surface area contributed by atoms with Gasteiger partial charge >= 0.3 is 5.97 Å². The van der Waals surface area contributed by atoms with Crippen molar-refractivity contribution in [3.8, 4) is 0 Å². The third-order valence-electron chi connectivity index (χ3n) is 4.29. The van der Waals surface area contributed by atoms with Crippen LogP contribution in [0.25, 0.3) is 10.9 Å². The largest absolute Gasteiger partial charge is 0.475 e. The van der Waals surface area contributed by atoms with Gasteiger partial charge in [-0.15, -0.1) is 0 Å². The van der Waals surface area contributed by atoms with E-state index < -0.39 is 11.9 Å². The molecule has 1 aromatic carbocycles. The summed E-state index contributed by atoms with van der Waals surface area (Å²) in [4.78, 5) is 27.0. The van der Waals surface area contributed by atoms with Crippen molar-refractivity contribution in [3.63, 3.8) is 0 Å². The Bertz CT molecular complexity index is 1210. The van der Waals surface area contributed by atoms with Gasteiger partial charge in [0.15, 0.2) is 0 Å². The minimum atomic E-state index is -1.11. The van der Waals surface area contributed by atoms with Crippen LogP contribution in [0, 0.1) is 0 Å². The Balaban J connectivity index is 1.57. The van der Waals surface area contributed by atoms with Crippen LogP contribution in [0.1, 0.15) is 32.4 Å². The summed E-state index contributed by atoms with van der Waals surface area (Å²) < 4.78 is 7.28. The minimum Gasteiger partial charge on any atom is -0.475 e. The van der Waals surface area contributed by atoms with Gasteiger partial charge in [0, 0.05) is 28.9 Å². The number of furan rings is 1. The Labute approximate surface area is 165 Å². The minimum absolute atomic E-state index is 0.101. The number of rotatable bonds is 6. The Morgan fingerprint density at radius 1 is 1.14 bits per heavy atom. The molecule has 1 amide bonds. The first kappa shape index (κ1) is 18.2. The highest BCUT2D eigenvalue weighted by atomic mass is 16.4. The number of hydrazone groups is 1. The molecule has 0 fully saturated rings. The first-order chi connectivity index (χ1) is 14.1. The van der Waals surface area contributed by atoms with Gasteiger partial charge in [-0.3, -0.25) is 9.78 Å². The molecule has 0 spiro atoms. The Hall–Kier alpha value is -4.20. The maximum atomic E-state index is 12.0. The van der Waals surface area contributed by atoms with Crippen LogP contribution >= 0.6 is 0 Å². The number of aromatic nitrogens is 2. The van der Waals surface area contributed by atoms with Gasteiger partial charge in [0.1, 0.15) is 11.5 Å². The lowest BCUT2D eigenvalue weighted by molar-refractivity contribution is 0.0660. The summed E-state index contributed by atoms with van der Waals surface area (Å²) in [5, 5.41) is 14.0. The number of nitrogens with one attached hydrogen (secondary N) is 1. The molecule has 144 valence electrons. The second-order valence-electron chi connectivity index (χ2n) is 6.21. The highest BCUT2D eigenvalue weighted by molar-refractivity contribution is 6.00. The molecule has 0 saturated heterocycles. The van der Waals surface area contributed by atoms with Gasteiger partial charge in [-0.05, 0) is 30.3 Å². The molecule has 4 rings (SSSR count). The molecule has 0 unspecified atom stereocenters. The van der Waals surface area contributed by atoms with Crippen LogP contribution in [-0.2, 0) is 6.54 Å². The SMILES string of the molecule is O=C(N/N=C\c1cn(Cc2ccc(C(=O)O)o2)c2ccccc12)c1ccccn1. The molecular formula is C21H16N4O4. The monoisotopic (exact) mass is 388 g/mol. The smallest absolute Gasteiger partial charge is 0.371 e. The van der Waals surface area contributed by atoms with Crippen LogP contribution in [-0.4, -0.2) is 32.7 Å². The van der Waals surface area contributed by atoms with Crippen LogP contribution < -0.4 is 5.43 Å². The van der Waals surface area contributed by atoms with Crippen LogP contribution in [0.2, 0.25) is 0 Å². The number of carboxylic acid groups (broad SMARTS) is 1. The van der Waals surface area contributed by atoms with E-state index in [0.717, 1.165) is 16.5 Å². The number of carbonyl (C=O) groups is 2. The van der Waals surface area contributed by atoms with Crippen LogP contribution in [0.5, 0.6) is 0 Å². The predicted octanol–water partition coefficient (Wildman–Crippen LogP) is 3.14. The normalized spacial score (nSPS) is 11.2. The molecule has 3 heterocycles. The average Bonchev–Trinajstić information content (AvgIpc) is 3.35. The number of fused-ring (bicyclic) bond motifs is 1. The second-order valence-corrected chi connectivity index (χ2v) is 6.21. The second kappa shape index (κ2) is 7.81. The van der Waals surface area contributed by atoms with Crippen LogP contribution in [0.3, 0.4) is 0 Å². The maximum Gasteiger partial charge on any atom is 0.371 e. The molecule has 0 aliphatic rings. The molecule has 0 radical (unpaired) electrons. The predicted molar refractivity (Wildman–Crippen MR) is 106 cm³/mol. The molecule has 8 nitrogen and oxygen atoms in total. The first-order valence-corrected chi connectivity index (χ1v) is 8.76. The number of amides is 1. The molecular weight excluding hydrogens is 372 g/mol. The third kappa shape index (κ3) is 3.91. The standard InChI is InChI=1S/C21H16N4O4/c26-20(17-6-3-4-10-22-17)24-23-11-14-12-25(18-7-2-1-5-16(14)18)13-15-8-9-19(29-15)21(27)28/h1-12H,13H2,(H,24,26)(H,27,28)/b23-11-. The van der Waals surface area contributed by atoms with Gasteiger partial charge in [0.25, 0.3) is 5.91 Å². The van der Waals surface area contributed by atoms with Gasteiger partial charge < -0.3 is 14.1 Å². The molecule has 0 atom stereocenters. The number of nitrogens with zero attached hydrogens (tertiary/aromatic N) is 3. The maximum absolute atomic E-state index is 12.0. The van der Waals surface area contributed by atoms with Crippen molar-refractivity contribution in [1.82, 2.24) is 15.0 Å². The van der Waals surface area contributed by atoms with Gasteiger partial charge in [0.2, 0.25) is 5.76 Å². The number of hydrogen-bond donors (Lipinski definition) is 2. The van der Waals surface area contributed by atoms with Gasteiger partial charge in [0.05, 0.1) is 12.8 Å². The van der Waals surface area contributed by atoms with Crippen molar-refractivity contribution < 1.29 is 19.1 Å². The molecule has 0 aliphatic heterocycles. The highest BCUT2D eigenvalue weighted by Crippen LogP contribution is 2.22. The zero-order valence-corrected chi connectivity index (χ0v) is 15.1. The van der Waals surface area contributed by atoms with Crippen molar-refractivity contribution in [2.75, 3.05) is 0 Å². The number of carbonyl (C=O) groups excluding carboxylic acids is 1. The van der Waals surface area contributed by atoms with E-state index in [1.807, 2.05) is 35.0 Å². The number of hydrogen-bond acceptors (Lipinski definition) is 5. The van der Waals surface area contributed by atoms with Crippen molar-refractivity contribution in [3.05, 3.63) is 89.8 Å². The van der Waals surface area contributed by atoms with E-state index in [1.165, 1.54) is 12.3 Å². The topological polar surface area (TPSA) is 110 Å². The summed E-state index contributed by atoms with van der Waals surface area (Å²) in [6.45, 7) is 0.363. The summed E-state index contributed by atoms with van der Waals surface area (Å²) in [6.07, 6.45) is 4.96. The lowest BCUT2D eigenvalue weighted by atomic mass is 10.2. The molecule has 0 aliphatic carbocycles. The summed E-state index contributed by atoms with van der Waals surface area (Å²) in [5.74, 6) is -1.09. The van der Waals surface area contributed by atoms with E-state index in [1.54, 1.807) is 30.5 Å². The average molecular weight is 388 g/mol. The zero-order chi connectivity index (χ0) is 20.2. The molecule has 0 saturated carbocycles. The quantitative estimate of drug-likeness (QED) is 0.389. The summed E-state index contributed by atoms with van der Waals surface area (Å²) >= 11 is 0. The molecule has 2 N–H and O–H groups in total. The van der Waals surface area contributed by atoms with E-state index in [2.05, 4.69) is 15.5 Å². The third-order valence-corrected chi connectivity index (χ3v) is 4.29. The number of pyridine rings is 1. The zero-order valence-electron chi connectivity index (χ0n) is 15.1. The van der Waals surface area contributed by atoms with Crippen molar-refractivity contribution in [1.29, 1.82) is 0 Å². The fourth-order valence-electron chi connectivity index (χ4n) is 2.97. The Morgan fingerprint density at radius 2 is 1.97 bits per heavy atom. The van der Waals surface area contributed by atoms with Crippen molar-refractivity contribution in [2.24, 2.45) is 5.10 Å². The van der Waals surface area contributed by atoms with E-state index in [9.17, 15) is 9.59 Å². The highest BCUT2D eigenvalue weighted by Gasteiger charge is 2.12. The lowest BCUT2D eigenvalue weighted by Crippen LogP contribution is -2.18. The van der Waals surface area contributed by atoms with E-state index in [-0.39, 0.29) is 11.5 Å². The van der Waals surface area contributed by atoms with E-state index in [4.69, 9.17) is 9.52 Å². The number of aromatic carboxylic acids is 1. The van der Waals surface area contributed by atoms with Crippen LogP contribution in [0.15, 0.2) is 76.5 Å². The van der Waals surface area contributed by atoms with Crippen molar-refractivity contribution in [2.45, 2.75) is 6.54 Å². The molecule has 8 heteroatoms. The van der Waals surface area contributed by atoms with Gasteiger partial charge in [-0.25, -0.2) is 10.2 Å². The van der Waals surface area contributed by atoms with Crippen molar-refractivity contribution >= 4 is 29.0 Å². The first-order valence-electron chi connectivity index (χ1n) is 8.76. The molecule has 4 aromatic rings. The van der Waals surface area contributed by atoms with Gasteiger partial charge in [-0.1, -0.05) is 24.3 Å². The number of carboxylic acids is 1. The fraction of sp³-hybridized carbons (Fsp3) is 0.0476. The van der Waals surface area contributed by atoms with Gasteiger partial charge in [-0.2, -0.15) is 5.10 Å².